The van der Waals surface area contributed by atoms with Crippen LogP contribution < -0.4 is 5.32 Å². The molecule has 1 aromatic heterocycles. The molecule has 2 fully saturated rings. The maximum absolute atomic E-state index is 12.5. The minimum Gasteiger partial charge on any atom is -0.357 e. The molecule has 0 aromatic carbocycles. The fourth-order valence-corrected chi connectivity index (χ4v) is 4.35. The van der Waals surface area contributed by atoms with E-state index in [1.807, 2.05) is 23.6 Å². The predicted octanol–water partition coefficient (Wildman–Crippen LogP) is 2.38. The first-order valence-electron chi connectivity index (χ1n) is 10.9. The van der Waals surface area contributed by atoms with Crippen LogP contribution >= 0.6 is 0 Å². The number of carbonyl (C=O) groups is 1. The van der Waals surface area contributed by atoms with Gasteiger partial charge < -0.3 is 19.7 Å². The normalized spacial score (nSPS) is 26.4. The van der Waals surface area contributed by atoms with Gasteiger partial charge in [-0.05, 0) is 38.0 Å². The Kier molecular flexibility index (Phi) is 7.34. The molecule has 156 valence electrons. The molecule has 0 aliphatic carbocycles. The largest absolute Gasteiger partial charge is 0.357 e. The molecule has 0 saturated carbocycles. The summed E-state index contributed by atoms with van der Waals surface area (Å²) in [5.74, 6) is 2.40. The van der Waals surface area contributed by atoms with Crippen LogP contribution in [0.4, 0.5) is 0 Å². The van der Waals surface area contributed by atoms with Crippen LogP contribution in [-0.2, 0) is 4.79 Å². The number of amides is 1. The summed E-state index contributed by atoms with van der Waals surface area (Å²) in [6, 6.07) is 0.400. The SMILES string of the molecule is CCNC(=NCCC(=O)N1CCCC(C)C1)N1CCC(C)C(n2ccnc2)C1. The molecule has 3 heterocycles. The van der Waals surface area contributed by atoms with E-state index >= 15 is 0 Å². The van der Waals surface area contributed by atoms with E-state index in [0.29, 0.717) is 30.8 Å². The molecule has 1 N–H and O–H groups in total. The van der Waals surface area contributed by atoms with Crippen molar-refractivity contribution in [2.24, 2.45) is 16.8 Å². The molecule has 2 aliphatic heterocycles. The van der Waals surface area contributed by atoms with Gasteiger partial charge in [-0.15, -0.1) is 0 Å². The second kappa shape index (κ2) is 9.94. The van der Waals surface area contributed by atoms with Crippen molar-refractivity contribution in [3.8, 4) is 0 Å². The van der Waals surface area contributed by atoms with Crippen LogP contribution in [0.2, 0.25) is 0 Å². The van der Waals surface area contributed by atoms with E-state index in [2.05, 4.69) is 40.5 Å². The molecule has 0 spiro atoms. The zero-order chi connectivity index (χ0) is 19.9. The standard InChI is InChI=1S/C21H36N6O/c1-4-23-21(24-9-7-20(28)25-11-5-6-17(2)14-25)26-12-8-18(3)19(15-26)27-13-10-22-16-27/h10,13,16-19H,4-9,11-12,14-15H2,1-3H3,(H,23,24). The molecule has 3 atom stereocenters. The van der Waals surface area contributed by atoms with Gasteiger partial charge >= 0.3 is 0 Å². The van der Waals surface area contributed by atoms with Crippen LogP contribution in [0.1, 0.15) is 52.5 Å². The molecule has 28 heavy (non-hydrogen) atoms. The Labute approximate surface area is 169 Å². The fraction of sp³-hybridized carbons (Fsp3) is 0.762. The summed E-state index contributed by atoms with van der Waals surface area (Å²) in [5.41, 5.74) is 0. The van der Waals surface area contributed by atoms with Crippen molar-refractivity contribution >= 4 is 11.9 Å². The molecule has 0 radical (unpaired) electrons. The van der Waals surface area contributed by atoms with Crippen molar-refractivity contribution in [1.29, 1.82) is 0 Å². The lowest BCUT2D eigenvalue weighted by molar-refractivity contribution is -0.132. The van der Waals surface area contributed by atoms with Crippen LogP contribution in [0, 0.1) is 11.8 Å². The van der Waals surface area contributed by atoms with E-state index in [1.165, 1.54) is 6.42 Å². The topological polar surface area (TPSA) is 65.8 Å². The first kappa shape index (κ1) is 20.7. The summed E-state index contributed by atoms with van der Waals surface area (Å²) in [7, 11) is 0. The van der Waals surface area contributed by atoms with Gasteiger partial charge in [0.15, 0.2) is 5.96 Å². The summed E-state index contributed by atoms with van der Waals surface area (Å²) in [4.78, 5) is 25.9. The molecular weight excluding hydrogens is 352 g/mol. The molecule has 7 heteroatoms. The summed E-state index contributed by atoms with van der Waals surface area (Å²) in [6.45, 7) is 11.7. The van der Waals surface area contributed by atoms with Gasteiger partial charge in [0.05, 0.1) is 18.9 Å². The highest BCUT2D eigenvalue weighted by atomic mass is 16.2. The number of likely N-dealkylation sites (tertiary alicyclic amines) is 2. The third-order valence-corrected chi connectivity index (χ3v) is 6.06. The second-order valence-corrected chi connectivity index (χ2v) is 8.36. The van der Waals surface area contributed by atoms with Gasteiger partial charge in [-0.2, -0.15) is 0 Å². The third-order valence-electron chi connectivity index (χ3n) is 6.06. The lowest BCUT2D eigenvalue weighted by Crippen LogP contribution is -2.49. The quantitative estimate of drug-likeness (QED) is 0.621. The molecule has 3 unspecified atom stereocenters. The van der Waals surface area contributed by atoms with Gasteiger partial charge in [-0.1, -0.05) is 13.8 Å². The van der Waals surface area contributed by atoms with E-state index in [0.717, 1.165) is 51.5 Å². The lowest BCUT2D eigenvalue weighted by atomic mass is 9.93. The number of rotatable bonds is 5. The zero-order valence-corrected chi connectivity index (χ0v) is 17.7. The monoisotopic (exact) mass is 388 g/mol. The molecule has 0 bridgehead atoms. The summed E-state index contributed by atoms with van der Waals surface area (Å²) in [6.07, 6.45) is 9.78. The smallest absolute Gasteiger partial charge is 0.224 e. The number of hydrogen-bond acceptors (Lipinski definition) is 3. The minimum atomic E-state index is 0.245. The maximum Gasteiger partial charge on any atom is 0.224 e. The Morgan fingerprint density at radius 3 is 2.79 bits per heavy atom. The first-order valence-corrected chi connectivity index (χ1v) is 10.9. The highest BCUT2D eigenvalue weighted by molar-refractivity contribution is 5.81. The number of piperidine rings is 2. The number of nitrogens with zero attached hydrogens (tertiary/aromatic N) is 5. The highest BCUT2D eigenvalue weighted by Crippen LogP contribution is 2.27. The average Bonchev–Trinajstić information content (AvgIpc) is 3.22. The number of carbonyl (C=O) groups excluding carboxylic acids is 1. The van der Waals surface area contributed by atoms with Gasteiger partial charge in [-0.3, -0.25) is 9.79 Å². The van der Waals surface area contributed by atoms with Crippen molar-refractivity contribution < 1.29 is 4.79 Å². The number of guanidine groups is 1. The molecule has 1 amide bonds. The predicted molar refractivity (Wildman–Crippen MR) is 112 cm³/mol. The Balaban J connectivity index is 1.58. The molecular formula is C21H36N6O. The van der Waals surface area contributed by atoms with Crippen molar-refractivity contribution in [2.75, 3.05) is 39.3 Å². The van der Waals surface area contributed by atoms with Gasteiger partial charge in [0.1, 0.15) is 0 Å². The average molecular weight is 389 g/mol. The van der Waals surface area contributed by atoms with Gasteiger partial charge in [0.2, 0.25) is 5.91 Å². The van der Waals surface area contributed by atoms with E-state index in [1.54, 1.807) is 0 Å². The summed E-state index contributed by atoms with van der Waals surface area (Å²) in [5, 5.41) is 3.42. The van der Waals surface area contributed by atoms with Crippen molar-refractivity contribution in [3.05, 3.63) is 18.7 Å². The van der Waals surface area contributed by atoms with Crippen molar-refractivity contribution in [2.45, 2.75) is 52.5 Å². The Morgan fingerprint density at radius 1 is 1.21 bits per heavy atom. The molecule has 2 saturated heterocycles. The number of aliphatic imine (C=N–C) groups is 1. The first-order chi connectivity index (χ1) is 13.6. The third kappa shape index (κ3) is 5.26. The van der Waals surface area contributed by atoms with Crippen molar-refractivity contribution in [3.63, 3.8) is 0 Å². The van der Waals surface area contributed by atoms with E-state index in [-0.39, 0.29) is 5.91 Å². The summed E-state index contributed by atoms with van der Waals surface area (Å²) >= 11 is 0. The Bertz CT molecular complexity index is 643. The van der Waals surface area contributed by atoms with Crippen LogP contribution in [0.5, 0.6) is 0 Å². The van der Waals surface area contributed by atoms with Crippen LogP contribution in [-0.4, -0.2) is 70.5 Å². The number of hydrogen-bond donors (Lipinski definition) is 1. The lowest BCUT2D eigenvalue weighted by Gasteiger charge is -2.39. The van der Waals surface area contributed by atoms with E-state index in [9.17, 15) is 4.79 Å². The van der Waals surface area contributed by atoms with E-state index < -0.39 is 0 Å². The number of nitrogens with one attached hydrogen (secondary N) is 1. The zero-order valence-electron chi connectivity index (χ0n) is 17.7. The van der Waals surface area contributed by atoms with Gasteiger partial charge in [-0.25, -0.2) is 4.98 Å². The second-order valence-electron chi connectivity index (χ2n) is 8.36. The number of imidazole rings is 1. The highest BCUT2D eigenvalue weighted by Gasteiger charge is 2.29. The van der Waals surface area contributed by atoms with Crippen LogP contribution in [0.15, 0.2) is 23.7 Å². The van der Waals surface area contributed by atoms with Crippen molar-refractivity contribution in [1.82, 2.24) is 24.7 Å². The molecule has 7 nitrogen and oxygen atoms in total. The fourth-order valence-electron chi connectivity index (χ4n) is 4.35. The van der Waals surface area contributed by atoms with Crippen LogP contribution in [0.3, 0.4) is 0 Å². The van der Waals surface area contributed by atoms with E-state index in [4.69, 9.17) is 4.99 Å². The number of aromatic nitrogens is 2. The molecule has 3 rings (SSSR count). The molecule has 1 aromatic rings. The van der Waals surface area contributed by atoms with Gasteiger partial charge in [0, 0.05) is 51.5 Å². The van der Waals surface area contributed by atoms with Gasteiger partial charge in [0.25, 0.3) is 0 Å². The Morgan fingerprint density at radius 2 is 2.07 bits per heavy atom. The molecule has 2 aliphatic rings. The summed E-state index contributed by atoms with van der Waals surface area (Å²) < 4.78 is 2.21. The maximum atomic E-state index is 12.5. The Hall–Kier alpha value is -2.05. The van der Waals surface area contributed by atoms with Crippen LogP contribution in [0.25, 0.3) is 0 Å². The minimum absolute atomic E-state index is 0.245.